The Balaban J connectivity index is 1.61. The molecule has 1 heterocycles. The third-order valence-corrected chi connectivity index (χ3v) is 4.67. The van der Waals surface area contributed by atoms with E-state index < -0.39 is 0 Å². The zero-order chi connectivity index (χ0) is 17.3. The van der Waals surface area contributed by atoms with E-state index in [2.05, 4.69) is 48.3 Å². The molecule has 0 spiro atoms. The van der Waals surface area contributed by atoms with Crippen molar-refractivity contribution >= 4 is 0 Å². The van der Waals surface area contributed by atoms with Gasteiger partial charge in [0, 0.05) is 17.3 Å². The number of hydrogen-bond acceptors (Lipinski definition) is 1. The predicted octanol–water partition coefficient (Wildman–Crippen LogP) is 6.65. The van der Waals surface area contributed by atoms with Crippen molar-refractivity contribution in [3.8, 4) is 22.6 Å². The van der Waals surface area contributed by atoms with Crippen molar-refractivity contribution in [2.24, 2.45) is 0 Å². The topological polar surface area (TPSA) is 28.7 Å². The molecule has 0 aliphatic carbocycles. The maximum atomic E-state index is 4.77. The summed E-state index contributed by atoms with van der Waals surface area (Å²) in [6, 6.07) is 19.1. The maximum absolute atomic E-state index is 4.77. The summed E-state index contributed by atoms with van der Waals surface area (Å²) in [5, 5.41) is 0. The Morgan fingerprint density at radius 2 is 1.56 bits per heavy atom. The van der Waals surface area contributed by atoms with Crippen LogP contribution < -0.4 is 0 Å². The van der Waals surface area contributed by atoms with Gasteiger partial charge in [-0.05, 0) is 24.5 Å². The van der Waals surface area contributed by atoms with Gasteiger partial charge in [0.05, 0.1) is 5.69 Å². The highest BCUT2D eigenvalue weighted by molar-refractivity contribution is 5.64. The van der Waals surface area contributed by atoms with E-state index in [1.54, 1.807) is 0 Å². The number of aromatic nitrogens is 2. The molecule has 0 aliphatic rings. The number of imidazole rings is 1. The largest absolute Gasteiger partial charge is 0.344 e. The zero-order valence-electron chi connectivity index (χ0n) is 15.2. The van der Waals surface area contributed by atoms with Crippen LogP contribution in [0.2, 0.25) is 0 Å². The monoisotopic (exact) mass is 332 g/mol. The zero-order valence-corrected chi connectivity index (χ0v) is 15.2. The summed E-state index contributed by atoms with van der Waals surface area (Å²) in [5.41, 5.74) is 4.72. The first kappa shape index (κ1) is 17.5. The summed E-state index contributed by atoms with van der Waals surface area (Å²) in [6.07, 6.45) is 11.2. The predicted molar refractivity (Wildman–Crippen MR) is 107 cm³/mol. The van der Waals surface area contributed by atoms with E-state index in [1.807, 2.05) is 24.4 Å². The van der Waals surface area contributed by atoms with Gasteiger partial charge in [-0.3, -0.25) is 0 Å². The molecule has 0 aliphatic heterocycles. The molecule has 0 bridgehead atoms. The molecule has 3 rings (SSSR count). The Labute approximate surface area is 151 Å². The van der Waals surface area contributed by atoms with Gasteiger partial charge in [-0.1, -0.05) is 87.6 Å². The highest BCUT2D eigenvalue weighted by Crippen LogP contribution is 2.23. The fourth-order valence-corrected chi connectivity index (χ4v) is 3.21. The molecule has 0 saturated carbocycles. The van der Waals surface area contributed by atoms with Gasteiger partial charge in [0.25, 0.3) is 0 Å². The van der Waals surface area contributed by atoms with Crippen LogP contribution in [0.5, 0.6) is 0 Å². The van der Waals surface area contributed by atoms with E-state index in [4.69, 9.17) is 4.98 Å². The van der Waals surface area contributed by atoms with Gasteiger partial charge in [0.2, 0.25) is 0 Å². The Morgan fingerprint density at radius 1 is 0.800 bits per heavy atom. The van der Waals surface area contributed by atoms with Crippen LogP contribution in [0.4, 0.5) is 0 Å². The van der Waals surface area contributed by atoms with Crippen LogP contribution in [0.3, 0.4) is 0 Å². The Morgan fingerprint density at radius 3 is 2.40 bits per heavy atom. The lowest BCUT2D eigenvalue weighted by Crippen LogP contribution is -1.88. The van der Waals surface area contributed by atoms with Gasteiger partial charge in [0.1, 0.15) is 5.82 Å². The van der Waals surface area contributed by atoms with Gasteiger partial charge < -0.3 is 4.98 Å². The second-order valence-corrected chi connectivity index (χ2v) is 6.72. The van der Waals surface area contributed by atoms with Crippen molar-refractivity contribution in [2.45, 2.75) is 51.9 Å². The Kier molecular flexibility index (Phi) is 6.44. The van der Waals surface area contributed by atoms with E-state index in [1.165, 1.54) is 49.7 Å². The molecule has 2 aromatic carbocycles. The summed E-state index contributed by atoms with van der Waals surface area (Å²) in [5.74, 6) is 0.948. The van der Waals surface area contributed by atoms with Crippen LogP contribution in [0, 0.1) is 0 Å². The number of aromatic amines is 1. The lowest BCUT2D eigenvalue weighted by atomic mass is 10.0. The van der Waals surface area contributed by atoms with E-state index in [9.17, 15) is 0 Å². The van der Waals surface area contributed by atoms with Crippen molar-refractivity contribution in [1.29, 1.82) is 0 Å². The molecule has 0 unspecified atom stereocenters. The molecular formula is C23H28N2. The number of hydrogen-bond donors (Lipinski definition) is 1. The van der Waals surface area contributed by atoms with E-state index >= 15 is 0 Å². The van der Waals surface area contributed by atoms with Crippen LogP contribution in [-0.4, -0.2) is 9.97 Å². The molecule has 25 heavy (non-hydrogen) atoms. The second kappa shape index (κ2) is 9.22. The first-order chi connectivity index (χ1) is 12.4. The summed E-state index contributed by atoms with van der Waals surface area (Å²) in [4.78, 5) is 8.09. The van der Waals surface area contributed by atoms with Crippen LogP contribution in [0.15, 0.2) is 60.8 Å². The molecule has 0 radical (unpaired) electrons. The fraction of sp³-hybridized carbons (Fsp3) is 0.348. The average Bonchev–Trinajstić information content (AvgIpc) is 3.16. The Bertz CT molecular complexity index is 759. The molecule has 2 nitrogen and oxygen atoms in total. The normalized spacial score (nSPS) is 10.9. The number of rotatable bonds is 9. The summed E-state index contributed by atoms with van der Waals surface area (Å²) in [7, 11) is 0. The Hall–Kier alpha value is -2.35. The van der Waals surface area contributed by atoms with Gasteiger partial charge in [-0.15, -0.1) is 0 Å². The molecule has 2 heteroatoms. The molecule has 0 atom stereocenters. The first-order valence-corrected chi connectivity index (χ1v) is 9.57. The van der Waals surface area contributed by atoms with Crippen LogP contribution in [0.1, 0.15) is 51.0 Å². The number of unbranched alkanes of at least 4 members (excludes halogenated alkanes) is 5. The quantitative estimate of drug-likeness (QED) is 0.437. The van der Waals surface area contributed by atoms with Crippen LogP contribution >= 0.6 is 0 Å². The molecule has 0 fully saturated rings. The van der Waals surface area contributed by atoms with Gasteiger partial charge in [0.15, 0.2) is 0 Å². The van der Waals surface area contributed by atoms with E-state index in [0.717, 1.165) is 23.5 Å². The molecule has 1 aromatic heterocycles. The van der Waals surface area contributed by atoms with Crippen molar-refractivity contribution in [1.82, 2.24) is 9.97 Å². The molecular weight excluding hydrogens is 304 g/mol. The minimum Gasteiger partial charge on any atom is -0.344 e. The number of nitrogens with one attached hydrogen (secondary N) is 1. The van der Waals surface area contributed by atoms with E-state index in [-0.39, 0.29) is 0 Å². The van der Waals surface area contributed by atoms with Crippen molar-refractivity contribution in [3.63, 3.8) is 0 Å². The third kappa shape index (κ3) is 5.06. The minimum atomic E-state index is 0.948. The minimum absolute atomic E-state index is 0.948. The number of aryl methyl sites for hydroxylation is 1. The standard InChI is InChI=1S/C23H28N2/c1-2-3-4-5-6-8-12-19-13-11-16-21(17-19)23-24-18-22(25-23)20-14-9-7-10-15-20/h7,9-11,13-18H,2-6,8,12H2,1H3,(H,24,25). The number of nitrogens with zero attached hydrogens (tertiary/aromatic N) is 1. The highest BCUT2D eigenvalue weighted by atomic mass is 14.9. The maximum Gasteiger partial charge on any atom is 0.138 e. The van der Waals surface area contributed by atoms with Crippen molar-refractivity contribution < 1.29 is 0 Å². The summed E-state index contributed by atoms with van der Waals surface area (Å²) in [6.45, 7) is 2.27. The van der Waals surface area contributed by atoms with Crippen molar-refractivity contribution in [3.05, 3.63) is 66.4 Å². The smallest absolute Gasteiger partial charge is 0.138 e. The summed E-state index contributed by atoms with van der Waals surface area (Å²) >= 11 is 0. The SMILES string of the molecule is CCCCCCCCc1cccc(-c2nc(-c3ccccc3)c[nH]2)c1. The lowest BCUT2D eigenvalue weighted by Gasteiger charge is -2.04. The molecule has 3 aromatic rings. The highest BCUT2D eigenvalue weighted by Gasteiger charge is 2.06. The molecule has 0 saturated heterocycles. The van der Waals surface area contributed by atoms with Crippen molar-refractivity contribution in [2.75, 3.05) is 0 Å². The average molecular weight is 332 g/mol. The lowest BCUT2D eigenvalue weighted by molar-refractivity contribution is 0.607. The van der Waals surface area contributed by atoms with Gasteiger partial charge in [-0.2, -0.15) is 0 Å². The van der Waals surface area contributed by atoms with Gasteiger partial charge >= 0.3 is 0 Å². The molecule has 0 amide bonds. The third-order valence-electron chi connectivity index (χ3n) is 4.67. The number of H-pyrrole nitrogens is 1. The first-order valence-electron chi connectivity index (χ1n) is 9.57. The van der Waals surface area contributed by atoms with Crippen LogP contribution in [0.25, 0.3) is 22.6 Å². The van der Waals surface area contributed by atoms with Gasteiger partial charge in [-0.25, -0.2) is 4.98 Å². The van der Waals surface area contributed by atoms with Crippen LogP contribution in [-0.2, 0) is 6.42 Å². The molecule has 130 valence electrons. The number of benzene rings is 2. The molecule has 1 N–H and O–H groups in total. The second-order valence-electron chi connectivity index (χ2n) is 6.72. The fourth-order valence-electron chi connectivity index (χ4n) is 3.21. The summed E-state index contributed by atoms with van der Waals surface area (Å²) < 4.78 is 0. The van der Waals surface area contributed by atoms with E-state index in [0.29, 0.717) is 0 Å².